The van der Waals surface area contributed by atoms with Crippen molar-refractivity contribution >= 4 is 11.4 Å². The molecule has 0 bridgehead atoms. The number of nitrogen functional groups attached to an aromatic ring is 1. The van der Waals surface area contributed by atoms with Gasteiger partial charge in [-0.2, -0.15) is 0 Å². The lowest BCUT2D eigenvalue weighted by Gasteiger charge is -2.07. The predicted molar refractivity (Wildman–Crippen MR) is 119 cm³/mol. The van der Waals surface area contributed by atoms with Crippen molar-refractivity contribution < 1.29 is 0 Å². The van der Waals surface area contributed by atoms with Gasteiger partial charge in [0, 0.05) is 17.9 Å². The van der Waals surface area contributed by atoms with E-state index in [1.54, 1.807) is 0 Å². The number of hydrogen-bond donors (Lipinski definition) is 2. The summed E-state index contributed by atoms with van der Waals surface area (Å²) >= 11 is 0. The minimum Gasteiger partial charge on any atom is -0.399 e. The predicted octanol–water partition coefficient (Wildman–Crippen LogP) is 7.94. The molecule has 0 saturated carbocycles. The van der Waals surface area contributed by atoms with Crippen LogP contribution >= 0.6 is 0 Å². The maximum absolute atomic E-state index is 5.78. The topological polar surface area (TPSA) is 38.0 Å². The van der Waals surface area contributed by atoms with Gasteiger partial charge in [-0.05, 0) is 24.6 Å². The van der Waals surface area contributed by atoms with Gasteiger partial charge in [-0.15, -0.1) is 0 Å². The molecule has 1 aromatic carbocycles. The Balaban J connectivity index is 1.73. The lowest BCUT2D eigenvalue weighted by Crippen LogP contribution is -2.01. The molecule has 0 saturated heterocycles. The summed E-state index contributed by atoms with van der Waals surface area (Å²) in [6.07, 6.45) is 22.7. The van der Waals surface area contributed by atoms with Crippen LogP contribution < -0.4 is 11.1 Å². The molecule has 1 rings (SSSR count). The van der Waals surface area contributed by atoms with Crippen LogP contribution in [0, 0.1) is 0 Å². The van der Waals surface area contributed by atoms with Crippen molar-refractivity contribution in [1.29, 1.82) is 0 Å². The Bertz CT molecular complexity index is 416. The molecule has 0 heterocycles. The molecule has 0 aliphatic heterocycles. The van der Waals surface area contributed by atoms with Gasteiger partial charge in [0.2, 0.25) is 0 Å². The van der Waals surface area contributed by atoms with E-state index in [0.29, 0.717) is 0 Å². The quantitative estimate of drug-likeness (QED) is 0.206. The Morgan fingerprint density at radius 2 is 1.12 bits per heavy atom. The molecule has 0 atom stereocenters. The van der Waals surface area contributed by atoms with Crippen molar-refractivity contribution in [2.45, 2.75) is 110 Å². The van der Waals surface area contributed by atoms with Crippen molar-refractivity contribution in [3.05, 3.63) is 24.3 Å². The molecule has 3 N–H and O–H groups in total. The van der Waals surface area contributed by atoms with Crippen LogP contribution in [-0.2, 0) is 0 Å². The molecule has 2 heteroatoms. The molecule has 1 aromatic rings. The molecule has 26 heavy (non-hydrogen) atoms. The second-order valence-electron chi connectivity index (χ2n) is 7.86. The molecule has 0 aliphatic rings. The minimum absolute atomic E-state index is 0.835. The van der Waals surface area contributed by atoms with Gasteiger partial charge in [0.1, 0.15) is 0 Å². The van der Waals surface area contributed by atoms with E-state index in [9.17, 15) is 0 Å². The highest BCUT2D eigenvalue weighted by Gasteiger charge is 1.95. The summed E-state index contributed by atoms with van der Waals surface area (Å²) in [5, 5.41) is 3.46. The van der Waals surface area contributed by atoms with Crippen LogP contribution in [0.1, 0.15) is 110 Å². The van der Waals surface area contributed by atoms with E-state index in [2.05, 4.69) is 18.3 Å². The van der Waals surface area contributed by atoms with Crippen LogP contribution in [-0.4, -0.2) is 6.54 Å². The Morgan fingerprint density at radius 1 is 0.654 bits per heavy atom. The van der Waals surface area contributed by atoms with Gasteiger partial charge in [0.25, 0.3) is 0 Å². The first-order valence-electron chi connectivity index (χ1n) is 11.4. The normalized spacial score (nSPS) is 11.0. The molecule has 0 aliphatic carbocycles. The zero-order valence-corrected chi connectivity index (χ0v) is 17.4. The second-order valence-corrected chi connectivity index (χ2v) is 7.86. The van der Waals surface area contributed by atoms with Crippen molar-refractivity contribution in [2.75, 3.05) is 17.6 Å². The van der Waals surface area contributed by atoms with E-state index < -0.39 is 0 Å². The van der Waals surface area contributed by atoms with E-state index in [0.717, 1.165) is 17.9 Å². The van der Waals surface area contributed by atoms with Crippen LogP contribution in [0.5, 0.6) is 0 Å². The smallest absolute Gasteiger partial charge is 0.0360 e. The van der Waals surface area contributed by atoms with Gasteiger partial charge in [0.05, 0.1) is 0 Å². The largest absolute Gasteiger partial charge is 0.399 e. The summed E-state index contributed by atoms with van der Waals surface area (Å²) in [5.74, 6) is 0. The van der Waals surface area contributed by atoms with Crippen LogP contribution in [0.25, 0.3) is 0 Å². The monoisotopic (exact) mass is 360 g/mol. The standard InChI is InChI=1S/C24H44N2/c1-2-3-4-5-6-7-8-9-10-11-12-13-14-15-16-17-21-26-24-20-18-19-23(25)22-24/h18-20,22,26H,2-17,21,25H2,1H3. The molecular formula is C24H44N2. The van der Waals surface area contributed by atoms with Crippen molar-refractivity contribution in [2.24, 2.45) is 0 Å². The van der Waals surface area contributed by atoms with Crippen molar-refractivity contribution in [3.8, 4) is 0 Å². The molecule has 0 radical (unpaired) electrons. The van der Waals surface area contributed by atoms with Gasteiger partial charge in [-0.3, -0.25) is 0 Å². The fourth-order valence-electron chi connectivity index (χ4n) is 3.55. The SMILES string of the molecule is CCCCCCCCCCCCCCCCCCNc1cccc(N)c1. The lowest BCUT2D eigenvalue weighted by atomic mass is 10.0. The molecule has 0 aromatic heterocycles. The third-order valence-electron chi connectivity index (χ3n) is 5.25. The Morgan fingerprint density at radius 3 is 1.58 bits per heavy atom. The second kappa shape index (κ2) is 17.2. The number of benzene rings is 1. The molecule has 0 unspecified atom stereocenters. The Kier molecular flexibility index (Phi) is 15.2. The molecule has 2 nitrogen and oxygen atoms in total. The van der Waals surface area contributed by atoms with Gasteiger partial charge < -0.3 is 11.1 Å². The summed E-state index contributed by atoms with van der Waals surface area (Å²) < 4.78 is 0. The fourth-order valence-corrected chi connectivity index (χ4v) is 3.55. The van der Waals surface area contributed by atoms with Crippen molar-refractivity contribution in [3.63, 3.8) is 0 Å². The van der Waals surface area contributed by atoms with E-state index in [1.165, 1.54) is 103 Å². The first-order valence-corrected chi connectivity index (χ1v) is 11.4. The summed E-state index contributed by atoms with van der Waals surface area (Å²) in [7, 11) is 0. The first-order chi connectivity index (χ1) is 12.8. The maximum Gasteiger partial charge on any atom is 0.0360 e. The van der Waals surface area contributed by atoms with Gasteiger partial charge >= 0.3 is 0 Å². The number of nitrogens with two attached hydrogens (primary N) is 1. The highest BCUT2D eigenvalue weighted by atomic mass is 14.9. The van der Waals surface area contributed by atoms with Gasteiger partial charge in [-0.25, -0.2) is 0 Å². The maximum atomic E-state index is 5.78. The Labute approximate surface area is 163 Å². The summed E-state index contributed by atoms with van der Waals surface area (Å²) in [6.45, 7) is 3.35. The van der Waals surface area contributed by atoms with E-state index in [4.69, 9.17) is 5.73 Å². The number of hydrogen-bond acceptors (Lipinski definition) is 2. The van der Waals surface area contributed by atoms with Gasteiger partial charge in [-0.1, -0.05) is 109 Å². The fraction of sp³-hybridized carbons (Fsp3) is 0.750. The van der Waals surface area contributed by atoms with E-state index in [1.807, 2.05) is 18.2 Å². The number of rotatable bonds is 18. The average molecular weight is 361 g/mol. The summed E-state index contributed by atoms with van der Waals surface area (Å²) in [5.41, 5.74) is 7.76. The molecular weight excluding hydrogens is 316 g/mol. The van der Waals surface area contributed by atoms with E-state index in [-0.39, 0.29) is 0 Å². The molecule has 0 amide bonds. The summed E-state index contributed by atoms with van der Waals surface area (Å²) in [4.78, 5) is 0. The molecule has 0 spiro atoms. The van der Waals surface area contributed by atoms with E-state index >= 15 is 0 Å². The molecule has 150 valence electrons. The van der Waals surface area contributed by atoms with Gasteiger partial charge in [0.15, 0.2) is 0 Å². The zero-order valence-electron chi connectivity index (χ0n) is 17.4. The third kappa shape index (κ3) is 14.0. The zero-order chi connectivity index (χ0) is 18.7. The van der Waals surface area contributed by atoms with Crippen molar-refractivity contribution in [1.82, 2.24) is 0 Å². The number of nitrogens with one attached hydrogen (secondary N) is 1. The average Bonchev–Trinajstić information content (AvgIpc) is 2.64. The Hall–Kier alpha value is -1.18. The lowest BCUT2D eigenvalue weighted by molar-refractivity contribution is 0.530. The minimum atomic E-state index is 0.835. The van der Waals surface area contributed by atoms with Crippen LogP contribution in [0.3, 0.4) is 0 Å². The third-order valence-corrected chi connectivity index (χ3v) is 5.25. The summed E-state index contributed by atoms with van der Waals surface area (Å²) in [6, 6.07) is 8.03. The first kappa shape index (κ1) is 22.9. The van der Waals surface area contributed by atoms with Crippen LogP contribution in [0.4, 0.5) is 11.4 Å². The highest BCUT2D eigenvalue weighted by Crippen LogP contribution is 2.14. The van der Waals surface area contributed by atoms with Crippen LogP contribution in [0.2, 0.25) is 0 Å². The number of unbranched alkanes of at least 4 members (excludes halogenated alkanes) is 15. The number of anilines is 2. The van der Waals surface area contributed by atoms with Crippen LogP contribution in [0.15, 0.2) is 24.3 Å². The molecule has 0 fully saturated rings. The highest BCUT2D eigenvalue weighted by molar-refractivity contribution is 5.53.